The van der Waals surface area contributed by atoms with Crippen LogP contribution in [0.2, 0.25) is 0 Å². The fourth-order valence-electron chi connectivity index (χ4n) is 3.76. The molecule has 9 heteroatoms. The monoisotopic (exact) mass is 452 g/mol. The number of aliphatic hydroxyl groups is 1. The number of hydrogen-bond acceptors (Lipinski definition) is 8. The Balaban J connectivity index is 1.36. The fraction of sp³-hybridized carbons (Fsp3) is 0.391. The summed E-state index contributed by atoms with van der Waals surface area (Å²) in [5, 5.41) is 15.8. The average Bonchev–Trinajstić information content (AvgIpc) is 3.29. The van der Waals surface area contributed by atoms with Crippen LogP contribution in [0.3, 0.4) is 0 Å². The lowest BCUT2D eigenvalue weighted by atomic mass is 9.93. The van der Waals surface area contributed by atoms with Gasteiger partial charge in [0.05, 0.1) is 17.2 Å². The number of aromatic nitrogens is 3. The number of nitrogens with one attached hydrogen (secondary N) is 2. The second-order valence-electron chi connectivity index (χ2n) is 7.97. The van der Waals surface area contributed by atoms with E-state index in [0.29, 0.717) is 18.9 Å². The highest BCUT2D eigenvalue weighted by molar-refractivity contribution is 7.18. The van der Waals surface area contributed by atoms with Gasteiger partial charge in [0.15, 0.2) is 5.13 Å². The van der Waals surface area contributed by atoms with Crippen molar-refractivity contribution in [3.8, 4) is 10.6 Å². The van der Waals surface area contributed by atoms with E-state index >= 15 is 0 Å². The number of thiazole rings is 1. The van der Waals surface area contributed by atoms with E-state index in [1.165, 1.54) is 0 Å². The molecule has 0 unspecified atom stereocenters. The fourth-order valence-corrected chi connectivity index (χ4v) is 4.70. The van der Waals surface area contributed by atoms with Gasteiger partial charge in [-0.25, -0.2) is 15.0 Å². The Morgan fingerprint density at radius 1 is 1.22 bits per heavy atom. The molecule has 3 N–H and O–H groups in total. The number of carbonyl (C=O) groups excluding carboxylic acids is 1. The van der Waals surface area contributed by atoms with Crippen LogP contribution in [0.25, 0.3) is 10.6 Å². The minimum Gasteiger partial charge on any atom is -0.395 e. The van der Waals surface area contributed by atoms with Crippen molar-refractivity contribution >= 4 is 34.0 Å². The normalized spacial score (nSPS) is 14.4. The predicted octanol–water partition coefficient (Wildman–Crippen LogP) is 3.37. The SMILES string of the molecule is Cc1ccnc(Nc2cccc(-c3cnc(N4CCC(CC(=O)NCCO)CC4)s3)n2)c1. The molecule has 1 saturated heterocycles. The molecule has 0 bridgehead atoms. The lowest BCUT2D eigenvalue weighted by molar-refractivity contribution is -0.122. The molecule has 4 heterocycles. The highest BCUT2D eigenvalue weighted by Crippen LogP contribution is 2.33. The number of amides is 1. The second-order valence-corrected chi connectivity index (χ2v) is 8.98. The van der Waals surface area contributed by atoms with Crippen molar-refractivity contribution in [2.75, 3.05) is 36.5 Å². The van der Waals surface area contributed by atoms with Gasteiger partial charge in [-0.1, -0.05) is 17.4 Å². The number of anilines is 3. The molecule has 0 spiro atoms. The highest BCUT2D eigenvalue weighted by atomic mass is 32.1. The summed E-state index contributed by atoms with van der Waals surface area (Å²) in [6.45, 7) is 4.11. The van der Waals surface area contributed by atoms with Crippen molar-refractivity contribution < 1.29 is 9.90 Å². The number of hydrogen-bond donors (Lipinski definition) is 3. The van der Waals surface area contributed by atoms with Gasteiger partial charge >= 0.3 is 0 Å². The van der Waals surface area contributed by atoms with Crippen LogP contribution in [0.15, 0.2) is 42.7 Å². The lowest BCUT2D eigenvalue weighted by Gasteiger charge is -2.31. The molecule has 0 aromatic carbocycles. The summed E-state index contributed by atoms with van der Waals surface area (Å²) in [6, 6.07) is 9.84. The molecule has 1 fully saturated rings. The first-order valence-electron chi connectivity index (χ1n) is 10.9. The Labute approximate surface area is 191 Å². The predicted molar refractivity (Wildman–Crippen MR) is 127 cm³/mol. The Bertz CT molecular complexity index is 1050. The third-order valence-corrected chi connectivity index (χ3v) is 6.54. The summed E-state index contributed by atoms with van der Waals surface area (Å²) in [6.07, 6.45) is 6.11. The largest absolute Gasteiger partial charge is 0.395 e. The van der Waals surface area contributed by atoms with Crippen molar-refractivity contribution in [2.45, 2.75) is 26.2 Å². The van der Waals surface area contributed by atoms with Gasteiger partial charge in [0.2, 0.25) is 5.91 Å². The molecule has 32 heavy (non-hydrogen) atoms. The van der Waals surface area contributed by atoms with Gasteiger partial charge in [-0.05, 0) is 55.5 Å². The third-order valence-electron chi connectivity index (χ3n) is 5.46. The van der Waals surface area contributed by atoms with E-state index in [-0.39, 0.29) is 12.5 Å². The maximum Gasteiger partial charge on any atom is 0.220 e. The third kappa shape index (κ3) is 5.80. The number of aliphatic hydroxyl groups excluding tert-OH is 1. The quantitative estimate of drug-likeness (QED) is 0.481. The van der Waals surface area contributed by atoms with E-state index in [1.54, 1.807) is 17.5 Å². The van der Waals surface area contributed by atoms with Crippen LogP contribution in [0.1, 0.15) is 24.8 Å². The van der Waals surface area contributed by atoms with Gasteiger partial charge in [0, 0.05) is 38.4 Å². The van der Waals surface area contributed by atoms with Crippen LogP contribution in [-0.2, 0) is 4.79 Å². The van der Waals surface area contributed by atoms with E-state index in [4.69, 9.17) is 10.1 Å². The second kappa shape index (κ2) is 10.5. The molecule has 8 nitrogen and oxygen atoms in total. The zero-order valence-electron chi connectivity index (χ0n) is 18.1. The van der Waals surface area contributed by atoms with E-state index in [0.717, 1.165) is 58.8 Å². The summed E-state index contributed by atoms with van der Waals surface area (Å²) in [4.78, 5) is 28.9. The molecular formula is C23H28N6O2S. The molecule has 0 radical (unpaired) electrons. The molecule has 1 amide bonds. The minimum atomic E-state index is -0.0206. The summed E-state index contributed by atoms with van der Waals surface area (Å²) >= 11 is 1.64. The number of carbonyl (C=O) groups is 1. The van der Waals surface area contributed by atoms with Gasteiger partial charge in [0.1, 0.15) is 11.6 Å². The van der Waals surface area contributed by atoms with Gasteiger partial charge in [-0.2, -0.15) is 0 Å². The maximum absolute atomic E-state index is 11.9. The average molecular weight is 453 g/mol. The molecule has 1 aliphatic rings. The van der Waals surface area contributed by atoms with Crippen LogP contribution in [0.5, 0.6) is 0 Å². The lowest BCUT2D eigenvalue weighted by Crippen LogP contribution is -2.36. The number of aryl methyl sites for hydroxylation is 1. The van der Waals surface area contributed by atoms with Crippen LogP contribution in [0.4, 0.5) is 16.8 Å². The summed E-state index contributed by atoms with van der Waals surface area (Å²) in [5.41, 5.74) is 2.02. The molecule has 168 valence electrons. The van der Waals surface area contributed by atoms with Gasteiger partial charge < -0.3 is 20.6 Å². The van der Waals surface area contributed by atoms with Crippen molar-refractivity contribution in [1.29, 1.82) is 0 Å². The summed E-state index contributed by atoms with van der Waals surface area (Å²) < 4.78 is 0. The molecular weight excluding hydrogens is 424 g/mol. The van der Waals surface area contributed by atoms with E-state index in [2.05, 4.69) is 25.5 Å². The minimum absolute atomic E-state index is 0.0206. The molecule has 3 aromatic heterocycles. The van der Waals surface area contributed by atoms with Crippen LogP contribution in [0, 0.1) is 12.8 Å². The van der Waals surface area contributed by atoms with E-state index in [9.17, 15) is 4.79 Å². The first-order valence-corrected chi connectivity index (χ1v) is 11.7. The molecule has 0 aliphatic carbocycles. The summed E-state index contributed by atoms with van der Waals surface area (Å²) in [7, 11) is 0. The van der Waals surface area contributed by atoms with Crippen LogP contribution in [-0.4, -0.2) is 52.2 Å². The Hall–Kier alpha value is -3.04. The molecule has 3 aromatic rings. The topological polar surface area (TPSA) is 103 Å². The number of pyridine rings is 2. The van der Waals surface area contributed by atoms with E-state index in [1.807, 2.05) is 43.5 Å². The van der Waals surface area contributed by atoms with Crippen molar-refractivity contribution in [2.24, 2.45) is 5.92 Å². The van der Waals surface area contributed by atoms with Gasteiger partial charge in [0.25, 0.3) is 0 Å². The Morgan fingerprint density at radius 2 is 2.06 bits per heavy atom. The van der Waals surface area contributed by atoms with Gasteiger partial charge in [-0.3, -0.25) is 4.79 Å². The Kier molecular flexibility index (Phi) is 7.28. The maximum atomic E-state index is 11.9. The zero-order chi connectivity index (χ0) is 22.3. The first kappa shape index (κ1) is 22.2. The standard InChI is InChI=1S/C23H28N6O2S/c1-16-5-8-24-21(13-16)28-20-4-2-3-18(27-20)19-15-26-23(32-19)29-10-6-17(7-11-29)14-22(31)25-9-12-30/h2-5,8,13,15,17,30H,6-7,9-12,14H2,1H3,(H,25,31)(H,24,27,28). The van der Waals surface area contributed by atoms with Crippen LogP contribution >= 0.6 is 11.3 Å². The van der Waals surface area contributed by atoms with Crippen molar-refractivity contribution in [3.05, 3.63) is 48.3 Å². The smallest absolute Gasteiger partial charge is 0.220 e. The highest BCUT2D eigenvalue weighted by Gasteiger charge is 2.23. The molecule has 4 rings (SSSR count). The molecule has 0 atom stereocenters. The first-order chi connectivity index (χ1) is 15.6. The zero-order valence-corrected chi connectivity index (χ0v) is 18.9. The van der Waals surface area contributed by atoms with E-state index < -0.39 is 0 Å². The number of rotatable bonds is 8. The van der Waals surface area contributed by atoms with Crippen molar-refractivity contribution in [1.82, 2.24) is 20.3 Å². The van der Waals surface area contributed by atoms with Crippen molar-refractivity contribution in [3.63, 3.8) is 0 Å². The van der Waals surface area contributed by atoms with Crippen LogP contribution < -0.4 is 15.5 Å². The molecule has 0 saturated carbocycles. The Morgan fingerprint density at radius 3 is 2.84 bits per heavy atom. The number of nitrogens with zero attached hydrogens (tertiary/aromatic N) is 4. The summed E-state index contributed by atoms with van der Waals surface area (Å²) in [5.74, 6) is 1.92. The van der Waals surface area contributed by atoms with Gasteiger partial charge in [-0.15, -0.1) is 0 Å². The molecule has 1 aliphatic heterocycles. The number of piperidine rings is 1.